The van der Waals surface area contributed by atoms with Crippen LogP contribution in [0.3, 0.4) is 0 Å². The highest BCUT2D eigenvalue weighted by Gasteiger charge is 2.15. The molecule has 130 valence electrons. The second-order valence-electron chi connectivity index (χ2n) is 5.07. The molecule has 0 saturated carbocycles. The number of aromatic nitrogens is 4. The molecular weight excluding hydrogens is 339 g/mol. The highest BCUT2D eigenvalue weighted by atomic mass is 19.3. The first-order chi connectivity index (χ1) is 12.0. The van der Waals surface area contributed by atoms with Crippen molar-refractivity contribution in [1.82, 2.24) is 25.3 Å². The number of fused-ring (bicyclic) bond motifs is 1. The lowest BCUT2D eigenvalue weighted by molar-refractivity contribution is -0.0553. The summed E-state index contributed by atoms with van der Waals surface area (Å²) in [5.74, 6) is -2.62. The summed E-state index contributed by atoms with van der Waals surface area (Å²) in [6.07, 6.45) is 0.961. The molecule has 1 aromatic carbocycles. The van der Waals surface area contributed by atoms with Crippen LogP contribution in [0.4, 0.5) is 13.2 Å². The molecule has 0 unspecified atom stereocenters. The number of nitrogens with one attached hydrogen (secondary N) is 1. The number of rotatable bonds is 5. The third-order valence-electron chi connectivity index (χ3n) is 3.42. The van der Waals surface area contributed by atoms with E-state index in [4.69, 9.17) is 0 Å². The molecule has 0 aliphatic heterocycles. The van der Waals surface area contributed by atoms with Crippen LogP contribution in [0, 0.1) is 5.82 Å². The normalized spacial score (nSPS) is 11.1. The number of nitrogens with zero attached hydrogens (tertiary/aromatic N) is 4. The Morgan fingerprint density at radius 3 is 2.92 bits per heavy atom. The smallest absolute Gasteiger partial charge is 0.388 e. The van der Waals surface area contributed by atoms with Gasteiger partial charge in [0.05, 0.1) is 11.1 Å². The first-order valence-electron chi connectivity index (χ1n) is 7.11. The number of pyridine rings is 1. The minimum absolute atomic E-state index is 0.116. The van der Waals surface area contributed by atoms with Gasteiger partial charge in [-0.3, -0.25) is 4.79 Å². The van der Waals surface area contributed by atoms with Crippen LogP contribution in [-0.2, 0) is 13.6 Å². The number of ether oxygens (including phenoxy) is 1. The van der Waals surface area contributed by atoms with Gasteiger partial charge in [0.2, 0.25) is 0 Å². The van der Waals surface area contributed by atoms with Crippen LogP contribution in [0.1, 0.15) is 15.9 Å². The lowest BCUT2D eigenvalue weighted by Crippen LogP contribution is -2.23. The number of aryl methyl sites for hydroxylation is 1. The Balaban J connectivity index is 1.74. The maximum atomic E-state index is 13.6. The predicted octanol–water partition coefficient (Wildman–Crippen LogP) is 2.03. The summed E-state index contributed by atoms with van der Waals surface area (Å²) < 4.78 is 43.3. The molecule has 3 rings (SSSR count). The highest BCUT2D eigenvalue weighted by Crippen LogP contribution is 2.18. The zero-order valence-corrected chi connectivity index (χ0v) is 12.9. The Morgan fingerprint density at radius 1 is 1.40 bits per heavy atom. The van der Waals surface area contributed by atoms with E-state index in [-0.39, 0.29) is 12.1 Å². The molecule has 7 nitrogen and oxygen atoms in total. The van der Waals surface area contributed by atoms with E-state index in [0.717, 1.165) is 23.3 Å². The van der Waals surface area contributed by atoms with E-state index in [0.29, 0.717) is 5.52 Å². The minimum Gasteiger partial charge on any atom is -0.414 e. The number of halogens is 3. The van der Waals surface area contributed by atoms with Crippen molar-refractivity contribution >= 4 is 16.9 Å². The fourth-order valence-electron chi connectivity index (χ4n) is 2.33. The molecule has 0 fully saturated rings. The molecule has 0 spiro atoms. The van der Waals surface area contributed by atoms with Gasteiger partial charge in [-0.1, -0.05) is 17.3 Å². The van der Waals surface area contributed by atoms with Crippen molar-refractivity contribution in [3.8, 4) is 5.88 Å². The largest absolute Gasteiger partial charge is 0.414 e. The van der Waals surface area contributed by atoms with Gasteiger partial charge in [0.25, 0.3) is 11.8 Å². The standard InChI is InChI=1S/C15H12F3N5O2/c1-23-12-8(3-2-4-11(12)21-22-23)6-19-13(24)9-5-10(16)14(20-7-9)25-15(17)18/h2-5,7,15H,6H2,1H3,(H,19,24). The van der Waals surface area contributed by atoms with Crippen LogP contribution < -0.4 is 10.1 Å². The van der Waals surface area contributed by atoms with Crippen molar-refractivity contribution in [1.29, 1.82) is 0 Å². The van der Waals surface area contributed by atoms with Crippen molar-refractivity contribution < 1.29 is 22.7 Å². The van der Waals surface area contributed by atoms with Gasteiger partial charge in [-0.15, -0.1) is 5.10 Å². The lowest BCUT2D eigenvalue weighted by atomic mass is 10.1. The molecule has 3 aromatic rings. The van der Waals surface area contributed by atoms with E-state index in [1.54, 1.807) is 29.9 Å². The number of carbonyl (C=O) groups excluding carboxylic acids is 1. The fraction of sp³-hybridized carbons (Fsp3) is 0.200. The summed E-state index contributed by atoms with van der Waals surface area (Å²) in [5.41, 5.74) is 2.09. The number of amides is 1. The van der Waals surface area contributed by atoms with Gasteiger partial charge >= 0.3 is 6.61 Å². The first-order valence-corrected chi connectivity index (χ1v) is 7.11. The van der Waals surface area contributed by atoms with Crippen LogP contribution >= 0.6 is 0 Å². The van der Waals surface area contributed by atoms with Crippen LogP contribution in [-0.4, -0.2) is 32.5 Å². The molecule has 2 heterocycles. The van der Waals surface area contributed by atoms with Gasteiger partial charge in [0.1, 0.15) is 5.52 Å². The molecule has 0 saturated heterocycles. The summed E-state index contributed by atoms with van der Waals surface area (Å²) in [7, 11) is 1.72. The molecule has 0 radical (unpaired) electrons. The average Bonchev–Trinajstić information content (AvgIpc) is 2.96. The van der Waals surface area contributed by atoms with Crippen molar-refractivity contribution in [2.75, 3.05) is 0 Å². The predicted molar refractivity (Wildman–Crippen MR) is 80.5 cm³/mol. The number of carbonyl (C=O) groups is 1. The number of alkyl halides is 2. The monoisotopic (exact) mass is 351 g/mol. The van der Waals surface area contributed by atoms with Crippen molar-refractivity contribution in [2.24, 2.45) is 7.05 Å². The van der Waals surface area contributed by atoms with Crippen molar-refractivity contribution in [3.05, 3.63) is 47.4 Å². The number of para-hydroxylation sites is 1. The molecule has 0 bridgehead atoms. The molecule has 0 atom stereocenters. The van der Waals surface area contributed by atoms with E-state index in [1.165, 1.54) is 0 Å². The van der Waals surface area contributed by atoms with Crippen molar-refractivity contribution in [3.63, 3.8) is 0 Å². The number of hydrogen-bond acceptors (Lipinski definition) is 5. The Kier molecular flexibility index (Phi) is 4.50. The Morgan fingerprint density at radius 2 is 2.20 bits per heavy atom. The quantitative estimate of drug-likeness (QED) is 0.761. The SMILES string of the molecule is Cn1nnc2cccc(CNC(=O)c3cnc(OC(F)F)c(F)c3)c21. The molecule has 0 aliphatic rings. The molecule has 10 heteroatoms. The maximum Gasteiger partial charge on any atom is 0.388 e. The lowest BCUT2D eigenvalue weighted by Gasteiger charge is -2.08. The van der Waals surface area contributed by atoms with Gasteiger partial charge in [0.15, 0.2) is 5.82 Å². The van der Waals surface area contributed by atoms with Gasteiger partial charge in [0, 0.05) is 19.8 Å². The Labute approximate surface area is 139 Å². The Hall–Kier alpha value is -3.17. The zero-order valence-electron chi connectivity index (χ0n) is 12.9. The van der Waals surface area contributed by atoms with Crippen molar-refractivity contribution in [2.45, 2.75) is 13.2 Å². The Bertz CT molecular complexity index is 929. The van der Waals surface area contributed by atoms with Crippen LogP contribution in [0.25, 0.3) is 11.0 Å². The second-order valence-corrected chi connectivity index (χ2v) is 5.07. The van der Waals surface area contributed by atoms with Gasteiger partial charge in [-0.05, 0) is 17.7 Å². The van der Waals surface area contributed by atoms with Gasteiger partial charge in [-0.25, -0.2) is 14.1 Å². The summed E-state index contributed by atoms with van der Waals surface area (Å²) in [4.78, 5) is 15.5. The van der Waals surface area contributed by atoms with Gasteiger partial charge < -0.3 is 10.1 Å². The van der Waals surface area contributed by atoms with E-state index in [2.05, 4.69) is 25.3 Å². The third kappa shape index (κ3) is 3.52. The number of benzene rings is 1. The molecule has 0 aliphatic carbocycles. The van der Waals surface area contributed by atoms with Crippen LogP contribution in [0.2, 0.25) is 0 Å². The minimum atomic E-state index is -3.20. The van der Waals surface area contributed by atoms with E-state index < -0.39 is 24.2 Å². The van der Waals surface area contributed by atoms with Crippen LogP contribution in [0.15, 0.2) is 30.5 Å². The zero-order chi connectivity index (χ0) is 18.0. The van der Waals surface area contributed by atoms with E-state index >= 15 is 0 Å². The molecule has 1 amide bonds. The summed E-state index contributed by atoms with van der Waals surface area (Å²) in [5, 5.41) is 10.5. The summed E-state index contributed by atoms with van der Waals surface area (Å²) >= 11 is 0. The van der Waals surface area contributed by atoms with Crippen LogP contribution in [0.5, 0.6) is 5.88 Å². The molecule has 1 N–H and O–H groups in total. The summed E-state index contributed by atoms with van der Waals surface area (Å²) in [6.45, 7) is -3.05. The molecule has 25 heavy (non-hydrogen) atoms. The van der Waals surface area contributed by atoms with E-state index in [1.807, 2.05) is 0 Å². The topological polar surface area (TPSA) is 81.9 Å². The number of hydrogen-bond donors (Lipinski definition) is 1. The van der Waals surface area contributed by atoms with Gasteiger partial charge in [-0.2, -0.15) is 8.78 Å². The fourth-order valence-corrected chi connectivity index (χ4v) is 2.33. The molecular formula is C15H12F3N5O2. The summed E-state index contributed by atoms with van der Waals surface area (Å²) in [6, 6.07) is 6.14. The second kappa shape index (κ2) is 6.75. The maximum absolute atomic E-state index is 13.6. The third-order valence-corrected chi connectivity index (χ3v) is 3.42. The van der Waals surface area contributed by atoms with E-state index in [9.17, 15) is 18.0 Å². The highest BCUT2D eigenvalue weighted by molar-refractivity contribution is 5.94. The molecule has 2 aromatic heterocycles. The first kappa shape index (κ1) is 16.7. The average molecular weight is 351 g/mol.